The van der Waals surface area contributed by atoms with Crippen LogP contribution in [0.5, 0.6) is 5.75 Å². The van der Waals surface area contributed by atoms with Crippen molar-refractivity contribution in [2.45, 2.75) is 26.3 Å². The van der Waals surface area contributed by atoms with Gasteiger partial charge in [-0.1, -0.05) is 24.3 Å². The summed E-state index contributed by atoms with van der Waals surface area (Å²) in [6.07, 6.45) is 10.3. The number of aromatic nitrogens is 2. The molecule has 0 bridgehead atoms. The average Bonchev–Trinajstić information content (AvgIpc) is 2.97. The molecule has 0 unspecified atom stereocenters. The minimum absolute atomic E-state index is 0.270. The third kappa shape index (κ3) is 7.82. The number of hydrogen-bond donors (Lipinski definition) is 1. The molecular formula is C31H32FN5O2. The van der Waals surface area contributed by atoms with Crippen molar-refractivity contribution in [1.29, 1.82) is 5.26 Å². The Morgan fingerprint density at radius 2 is 1.95 bits per heavy atom. The summed E-state index contributed by atoms with van der Waals surface area (Å²) in [5.74, 6) is 1.02. The fourth-order valence-electron chi connectivity index (χ4n) is 4.37. The predicted octanol–water partition coefficient (Wildman–Crippen LogP) is 5.15. The molecule has 1 N–H and O–H groups in total. The Morgan fingerprint density at radius 1 is 1.18 bits per heavy atom. The van der Waals surface area contributed by atoms with Crippen LogP contribution in [0.2, 0.25) is 0 Å². The van der Waals surface area contributed by atoms with Gasteiger partial charge in [-0.25, -0.2) is 14.4 Å². The summed E-state index contributed by atoms with van der Waals surface area (Å²) in [5.41, 5.74) is 2.86. The number of nitrogens with one attached hydrogen (secondary N) is 1. The van der Waals surface area contributed by atoms with Gasteiger partial charge in [-0.15, -0.1) is 0 Å². The molecule has 200 valence electrons. The van der Waals surface area contributed by atoms with Crippen molar-refractivity contribution in [2.75, 3.05) is 26.7 Å². The summed E-state index contributed by atoms with van der Waals surface area (Å²) in [7, 11) is 2.15. The third-order valence-electron chi connectivity index (χ3n) is 6.74. The van der Waals surface area contributed by atoms with Crippen molar-refractivity contribution in [3.8, 4) is 23.2 Å². The van der Waals surface area contributed by atoms with Gasteiger partial charge in [0.05, 0.1) is 30.6 Å². The molecule has 0 atom stereocenters. The number of carbonyl (C=O) groups is 1. The highest BCUT2D eigenvalue weighted by Crippen LogP contribution is 2.22. The summed E-state index contributed by atoms with van der Waals surface area (Å²) in [4.78, 5) is 23.7. The van der Waals surface area contributed by atoms with E-state index in [2.05, 4.69) is 27.2 Å². The van der Waals surface area contributed by atoms with Crippen molar-refractivity contribution in [3.63, 3.8) is 0 Å². The Morgan fingerprint density at radius 3 is 2.67 bits per heavy atom. The molecular weight excluding hydrogens is 493 g/mol. The van der Waals surface area contributed by atoms with Gasteiger partial charge in [0.25, 0.3) is 0 Å². The molecule has 3 aromatic rings. The van der Waals surface area contributed by atoms with Crippen LogP contribution in [-0.4, -0.2) is 47.5 Å². The van der Waals surface area contributed by atoms with Crippen LogP contribution in [0.15, 0.2) is 73.1 Å². The van der Waals surface area contributed by atoms with E-state index in [-0.39, 0.29) is 11.5 Å². The monoisotopic (exact) mass is 525 g/mol. The van der Waals surface area contributed by atoms with Crippen molar-refractivity contribution in [3.05, 3.63) is 95.6 Å². The van der Waals surface area contributed by atoms with Crippen LogP contribution in [0, 0.1) is 23.1 Å². The highest BCUT2D eigenvalue weighted by atomic mass is 19.1. The Kier molecular flexibility index (Phi) is 9.54. The molecule has 1 aromatic heterocycles. The fourth-order valence-corrected chi connectivity index (χ4v) is 4.37. The standard InChI is InChI=1S/C31H32FN5O2/c1-3-25(28-16-23(17-33)7-9-29(28)32)8-10-30(38)34-18-24-5-4-6-26(15-24)31-35-19-27(20-36-31)39-21-22-11-13-37(2)14-12-22/h3-10,15-16,19-20,22H,11-14,18,21H2,1-2H3,(H,34,38)/b10-8-,25-3+. The molecule has 7 nitrogen and oxygen atoms in total. The minimum atomic E-state index is -0.456. The minimum Gasteiger partial charge on any atom is -0.490 e. The topological polar surface area (TPSA) is 91.1 Å². The van der Waals surface area contributed by atoms with Crippen LogP contribution in [0.25, 0.3) is 17.0 Å². The maximum absolute atomic E-state index is 14.3. The predicted molar refractivity (Wildman–Crippen MR) is 149 cm³/mol. The van der Waals surface area contributed by atoms with Gasteiger partial charge in [0.1, 0.15) is 5.82 Å². The maximum atomic E-state index is 14.3. The number of allylic oxidation sites excluding steroid dienone is 3. The molecule has 8 heteroatoms. The SMILES string of the molecule is C/C=C(\C=C/C(=O)NCc1cccc(-c2ncc(OCC3CCN(C)CC3)cn2)c1)c1cc(C#N)ccc1F. The molecule has 1 amide bonds. The van der Waals surface area contributed by atoms with E-state index in [1.165, 1.54) is 30.4 Å². The van der Waals surface area contributed by atoms with Crippen molar-refractivity contribution in [1.82, 2.24) is 20.2 Å². The fraction of sp³-hybridized carbons (Fsp3) is 0.290. The van der Waals surface area contributed by atoms with Gasteiger partial charge in [0, 0.05) is 23.7 Å². The molecule has 0 saturated carbocycles. The first kappa shape index (κ1) is 27.7. The lowest BCUT2D eigenvalue weighted by Crippen LogP contribution is -2.32. The first-order valence-electron chi connectivity index (χ1n) is 13.0. The smallest absolute Gasteiger partial charge is 0.244 e. The van der Waals surface area contributed by atoms with Crippen molar-refractivity contribution < 1.29 is 13.9 Å². The summed E-state index contributed by atoms with van der Waals surface area (Å²) < 4.78 is 20.2. The maximum Gasteiger partial charge on any atom is 0.244 e. The van der Waals surface area contributed by atoms with E-state index in [1.807, 2.05) is 30.3 Å². The number of piperidine rings is 1. The highest BCUT2D eigenvalue weighted by molar-refractivity contribution is 5.91. The zero-order valence-electron chi connectivity index (χ0n) is 22.2. The molecule has 4 rings (SSSR count). The van der Waals surface area contributed by atoms with Gasteiger partial charge >= 0.3 is 0 Å². The number of likely N-dealkylation sites (tertiary alicyclic amines) is 1. The van der Waals surface area contributed by atoms with Crippen LogP contribution in [-0.2, 0) is 11.3 Å². The van der Waals surface area contributed by atoms with Crippen LogP contribution in [0.1, 0.15) is 36.5 Å². The van der Waals surface area contributed by atoms with E-state index in [0.29, 0.717) is 41.8 Å². The Bertz CT molecular complexity index is 1390. The van der Waals surface area contributed by atoms with Crippen molar-refractivity contribution in [2.24, 2.45) is 5.92 Å². The Hall–Kier alpha value is -4.35. The number of rotatable bonds is 9. The molecule has 1 aliphatic rings. The number of nitriles is 1. The van der Waals surface area contributed by atoms with Gasteiger partial charge in [-0.3, -0.25) is 4.79 Å². The number of nitrogens with zero attached hydrogens (tertiary/aromatic N) is 4. The summed E-state index contributed by atoms with van der Waals surface area (Å²) in [5, 5.41) is 11.9. The van der Waals surface area contributed by atoms with Gasteiger partial charge in [0.15, 0.2) is 11.6 Å². The zero-order valence-corrected chi connectivity index (χ0v) is 22.2. The number of carbonyl (C=O) groups excluding carboxylic acids is 1. The first-order chi connectivity index (χ1) is 18.9. The zero-order chi connectivity index (χ0) is 27.6. The average molecular weight is 526 g/mol. The molecule has 1 fully saturated rings. The number of hydrogen-bond acceptors (Lipinski definition) is 6. The summed E-state index contributed by atoms with van der Waals surface area (Å²) in [6, 6.07) is 13.8. The van der Waals surface area contributed by atoms with E-state index < -0.39 is 5.82 Å². The first-order valence-corrected chi connectivity index (χ1v) is 13.0. The lowest BCUT2D eigenvalue weighted by Gasteiger charge is -2.28. The van der Waals surface area contributed by atoms with Gasteiger partial charge < -0.3 is 15.0 Å². The van der Waals surface area contributed by atoms with Crippen LogP contribution in [0.3, 0.4) is 0 Å². The third-order valence-corrected chi connectivity index (χ3v) is 6.74. The summed E-state index contributed by atoms with van der Waals surface area (Å²) in [6.45, 7) is 4.93. The number of amides is 1. The van der Waals surface area contributed by atoms with Gasteiger partial charge in [0.2, 0.25) is 5.91 Å². The van der Waals surface area contributed by atoms with Gasteiger partial charge in [-0.2, -0.15) is 5.26 Å². The quantitative estimate of drug-likeness (QED) is 0.307. The Labute approximate surface area is 228 Å². The second-order valence-corrected chi connectivity index (χ2v) is 9.60. The molecule has 2 aromatic carbocycles. The highest BCUT2D eigenvalue weighted by Gasteiger charge is 2.17. The lowest BCUT2D eigenvalue weighted by atomic mass is 9.98. The number of ether oxygens (including phenoxy) is 1. The van der Waals surface area contributed by atoms with Gasteiger partial charge in [-0.05, 0) is 87.3 Å². The van der Waals surface area contributed by atoms with E-state index in [1.54, 1.807) is 25.4 Å². The van der Waals surface area contributed by atoms with Crippen LogP contribution in [0.4, 0.5) is 4.39 Å². The lowest BCUT2D eigenvalue weighted by molar-refractivity contribution is -0.116. The molecule has 0 radical (unpaired) electrons. The normalized spacial score (nSPS) is 14.8. The van der Waals surface area contributed by atoms with E-state index in [9.17, 15) is 9.18 Å². The van der Waals surface area contributed by atoms with Crippen LogP contribution >= 0.6 is 0 Å². The molecule has 1 aliphatic heterocycles. The molecule has 2 heterocycles. The van der Waals surface area contributed by atoms with E-state index >= 15 is 0 Å². The number of benzene rings is 2. The van der Waals surface area contributed by atoms with E-state index in [4.69, 9.17) is 10.00 Å². The summed E-state index contributed by atoms with van der Waals surface area (Å²) >= 11 is 0. The molecule has 39 heavy (non-hydrogen) atoms. The molecule has 0 aliphatic carbocycles. The van der Waals surface area contributed by atoms with E-state index in [0.717, 1.165) is 37.1 Å². The van der Waals surface area contributed by atoms with Crippen molar-refractivity contribution >= 4 is 11.5 Å². The Balaban J connectivity index is 1.31. The second-order valence-electron chi connectivity index (χ2n) is 9.60. The number of halogens is 1. The molecule has 0 spiro atoms. The van der Waals surface area contributed by atoms with Crippen LogP contribution < -0.4 is 10.1 Å². The largest absolute Gasteiger partial charge is 0.490 e. The molecule has 1 saturated heterocycles. The second kappa shape index (κ2) is 13.4.